The van der Waals surface area contributed by atoms with Crippen LogP contribution in [0.2, 0.25) is 0 Å². The topological polar surface area (TPSA) is 104 Å². The number of alkyl halides is 2. The number of rotatable bonds is 5. The number of hydrogen-bond acceptors (Lipinski definition) is 7. The molecule has 3 N–H and O–H groups in total. The number of anilines is 2. The van der Waals surface area contributed by atoms with Crippen LogP contribution in [0, 0.1) is 0 Å². The van der Waals surface area contributed by atoms with Gasteiger partial charge >= 0.3 is 0 Å². The molecule has 11 heteroatoms. The highest BCUT2D eigenvalue weighted by atomic mass is 19.3. The van der Waals surface area contributed by atoms with Crippen molar-refractivity contribution in [2.24, 2.45) is 5.73 Å². The van der Waals surface area contributed by atoms with Gasteiger partial charge in [-0.05, 0) is 26.0 Å². The van der Waals surface area contributed by atoms with Crippen LogP contribution in [-0.2, 0) is 20.8 Å². The zero-order valence-corrected chi connectivity index (χ0v) is 17.8. The highest BCUT2D eigenvalue weighted by molar-refractivity contribution is 5.83. The van der Waals surface area contributed by atoms with Crippen LogP contribution in [-0.4, -0.2) is 65.6 Å². The first-order valence-electron chi connectivity index (χ1n) is 10.5. The van der Waals surface area contributed by atoms with E-state index in [1.165, 1.54) is 0 Å². The molecule has 0 radical (unpaired) electrons. The summed E-state index contributed by atoms with van der Waals surface area (Å²) in [6.45, 7) is 4.61. The molecule has 2 saturated heterocycles. The standard InChI is InChI=1S/C21H25F2N5O4/c1-11(19(24)29)25-13-3-4-14-15(7-13)31-6-5-27-8-16(26-20(14)27)28-12(2)32-21(9-30-10-21)17(28)18(22)23/h3-4,7-8,11-12,17-18,25H,5-6,9-10H2,1-2H3,(H2,24,29)/t11-,12?,17?/m0/s1. The first-order chi connectivity index (χ1) is 15.3. The lowest BCUT2D eigenvalue weighted by atomic mass is 9.92. The van der Waals surface area contributed by atoms with Crippen LogP contribution in [0.3, 0.4) is 0 Å². The molecule has 1 aromatic carbocycles. The number of halogens is 2. The fourth-order valence-electron chi connectivity index (χ4n) is 4.57. The number of nitrogens with zero attached hydrogens (tertiary/aromatic N) is 3. The van der Waals surface area contributed by atoms with Gasteiger partial charge in [0.1, 0.15) is 47.9 Å². The summed E-state index contributed by atoms with van der Waals surface area (Å²) in [5, 5.41) is 3.03. The molecule has 1 spiro atoms. The Bertz CT molecular complexity index is 1040. The van der Waals surface area contributed by atoms with Gasteiger partial charge in [0.25, 0.3) is 6.43 Å². The Kier molecular flexibility index (Phi) is 4.97. The summed E-state index contributed by atoms with van der Waals surface area (Å²) in [6, 6.07) is 3.73. The number of imidazole rings is 1. The number of carbonyl (C=O) groups is 1. The van der Waals surface area contributed by atoms with E-state index in [0.717, 1.165) is 5.56 Å². The van der Waals surface area contributed by atoms with E-state index >= 15 is 0 Å². The van der Waals surface area contributed by atoms with Crippen molar-refractivity contribution in [3.05, 3.63) is 24.4 Å². The van der Waals surface area contributed by atoms with E-state index in [9.17, 15) is 13.6 Å². The van der Waals surface area contributed by atoms with Crippen LogP contribution in [0.5, 0.6) is 5.75 Å². The molecule has 3 aliphatic rings. The van der Waals surface area contributed by atoms with Gasteiger partial charge in [-0.15, -0.1) is 0 Å². The normalized spacial score (nSPS) is 24.3. The number of benzene rings is 1. The first kappa shape index (κ1) is 21.0. The van der Waals surface area contributed by atoms with Gasteiger partial charge in [0.2, 0.25) is 5.91 Å². The highest BCUT2D eigenvalue weighted by Crippen LogP contribution is 2.44. The van der Waals surface area contributed by atoms with Crippen molar-refractivity contribution in [3.8, 4) is 17.1 Å². The van der Waals surface area contributed by atoms with Crippen molar-refractivity contribution >= 4 is 17.4 Å². The highest BCUT2D eigenvalue weighted by Gasteiger charge is 2.61. The molecule has 2 fully saturated rings. The van der Waals surface area contributed by atoms with Crippen molar-refractivity contribution < 1.29 is 27.8 Å². The van der Waals surface area contributed by atoms with Crippen LogP contribution in [0.25, 0.3) is 11.4 Å². The average Bonchev–Trinajstić information content (AvgIpc) is 3.21. The van der Waals surface area contributed by atoms with E-state index in [4.69, 9.17) is 24.9 Å². The minimum Gasteiger partial charge on any atom is -0.491 e. The van der Waals surface area contributed by atoms with Gasteiger partial charge in [-0.3, -0.25) is 4.79 Å². The van der Waals surface area contributed by atoms with Crippen LogP contribution in [0.4, 0.5) is 20.3 Å². The maximum absolute atomic E-state index is 14.1. The summed E-state index contributed by atoms with van der Waals surface area (Å²) in [7, 11) is 0. The minimum atomic E-state index is -2.61. The van der Waals surface area contributed by atoms with Gasteiger partial charge in [0.15, 0.2) is 0 Å². The zero-order chi connectivity index (χ0) is 22.6. The number of carbonyl (C=O) groups excluding carboxylic acids is 1. The molecule has 2 unspecified atom stereocenters. The Morgan fingerprint density at radius 3 is 2.81 bits per heavy atom. The molecule has 3 atom stereocenters. The molecule has 5 rings (SSSR count). The third kappa shape index (κ3) is 3.27. The van der Waals surface area contributed by atoms with E-state index in [2.05, 4.69) is 5.32 Å². The molecule has 0 saturated carbocycles. The van der Waals surface area contributed by atoms with Gasteiger partial charge in [-0.2, -0.15) is 0 Å². The number of nitrogens with one attached hydrogen (secondary N) is 1. The van der Waals surface area contributed by atoms with Crippen LogP contribution in [0.15, 0.2) is 24.4 Å². The molecule has 3 aliphatic heterocycles. The van der Waals surface area contributed by atoms with Gasteiger partial charge in [0, 0.05) is 18.0 Å². The molecule has 0 aliphatic carbocycles. The Hall–Kier alpha value is -2.92. The van der Waals surface area contributed by atoms with Crippen LogP contribution >= 0.6 is 0 Å². The van der Waals surface area contributed by atoms with Crippen LogP contribution < -0.4 is 20.7 Å². The van der Waals surface area contributed by atoms with Crippen molar-refractivity contribution in [1.29, 1.82) is 0 Å². The molecule has 0 bridgehead atoms. The van der Waals surface area contributed by atoms with E-state index in [1.54, 1.807) is 37.1 Å². The van der Waals surface area contributed by atoms with Crippen molar-refractivity contribution in [3.63, 3.8) is 0 Å². The Morgan fingerprint density at radius 2 is 2.16 bits per heavy atom. The van der Waals surface area contributed by atoms with Gasteiger partial charge in [-0.25, -0.2) is 13.8 Å². The number of aromatic nitrogens is 2. The lowest BCUT2D eigenvalue weighted by Gasteiger charge is -2.41. The summed E-state index contributed by atoms with van der Waals surface area (Å²) >= 11 is 0. The minimum absolute atomic E-state index is 0.145. The molecule has 2 aromatic rings. The summed E-state index contributed by atoms with van der Waals surface area (Å²) in [5.74, 6) is 1.17. The van der Waals surface area contributed by atoms with Gasteiger partial charge in [-0.1, -0.05) is 0 Å². The van der Waals surface area contributed by atoms with E-state index in [-0.39, 0.29) is 13.2 Å². The number of fused-ring (bicyclic) bond motifs is 3. The third-order valence-corrected chi connectivity index (χ3v) is 6.22. The molecule has 32 heavy (non-hydrogen) atoms. The predicted octanol–water partition coefficient (Wildman–Crippen LogP) is 1.81. The van der Waals surface area contributed by atoms with Gasteiger partial charge in [0.05, 0.1) is 25.3 Å². The lowest BCUT2D eigenvalue weighted by molar-refractivity contribution is -0.213. The average molecular weight is 449 g/mol. The SMILES string of the molecule is CC1OC2(COC2)C(C(F)F)N1c1cn2c(n1)-c1ccc(N[C@@H](C)C(N)=O)cc1OCC2. The largest absolute Gasteiger partial charge is 0.491 e. The van der Waals surface area contributed by atoms with Crippen molar-refractivity contribution in [2.45, 2.75) is 50.7 Å². The molecule has 1 amide bonds. The molecule has 9 nitrogen and oxygen atoms in total. The van der Waals surface area contributed by atoms with Crippen molar-refractivity contribution in [1.82, 2.24) is 9.55 Å². The van der Waals surface area contributed by atoms with Crippen LogP contribution in [0.1, 0.15) is 13.8 Å². The van der Waals surface area contributed by atoms with E-state index in [0.29, 0.717) is 36.2 Å². The predicted molar refractivity (Wildman–Crippen MR) is 112 cm³/mol. The number of amides is 1. The maximum Gasteiger partial charge on any atom is 0.261 e. The second-order valence-electron chi connectivity index (χ2n) is 8.41. The summed E-state index contributed by atoms with van der Waals surface area (Å²) in [4.78, 5) is 17.6. The fraction of sp³-hybridized carbons (Fsp3) is 0.524. The Morgan fingerprint density at radius 1 is 1.38 bits per heavy atom. The molecule has 4 heterocycles. The lowest BCUT2D eigenvalue weighted by Crippen LogP contribution is -2.61. The number of hydrogen-bond donors (Lipinski definition) is 2. The first-order valence-corrected chi connectivity index (χ1v) is 10.5. The third-order valence-electron chi connectivity index (χ3n) is 6.22. The van der Waals surface area contributed by atoms with E-state index < -0.39 is 36.2 Å². The Labute approximate surface area is 183 Å². The maximum atomic E-state index is 14.1. The summed E-state index contributed by atoms with van der Waals surface area (Å²) in [6.07, 6.45) is -1.40. The smallest absolute Gasteiger partial charge is 0.261 e. The molecule has 1 aromatic heterocycles. The van der Waals surface area contributed by atoms with Gasteiger partial charge < -0.3 is 34.7 Å². The van der Waals surface area contributed by atoms with Crippen molar-refractivity contribution in [2.75, 3.05) is 30.0 Å². The molecule has 172 valence electrons. The summed E-state index contributed by atoms with van der Waals surface area (Å²) < 4.78 is 47.1. The fourth-order valence-corrected chi connectivity index (χ4v) is 4.57. The molecular weight excluding hydrogens is 424 g/mol. The number of primary amides is 1. The Balaban J connectivity index is 1.49. The second kappa shape index (κ2) is 7.59. The monoisotopic (exact) mass is 449 g/mol. The zero-order valence-electron chi connectivity index (χ0n) is 17.8. The quantitative estimate of drug-likeness (QED) is 0.718. The number of ether oxygens (including phenoxy) is 3. The number of nitrogens with two attached hydrogens (primary N) is 1. The second-order valence-corrected chi connectivity index (χ2v) is 8.41. The summed E-state index contributed by atoms with van der Waals surface area (Å²) in [5.41, 5.74) is 5.73. The van der Waals surface area contributed by atoms with E-state index in [1.807, 2.05) is 10.6 Å². The molecular formula is C21H25F2N5O4.